The molecule has 1 aliphatic rings. The molecule has 2 nitrogen and oxygen atoms in total. The number of hydrogen-bond donors (Lipinski definition) is 0. The lowest BCUT2D eigenvalue weighted by Gasteiger charge is -2.21. The molecule has 1 rings (SSSR count). The summed E-state index contributed by atoms with van der Waals surface area (Å²) >= 11 is 0. The summed E-state index contributed by atoms with van der Waals surface area (Å²) in [5.74, 6) is 0. The van der Waals surface area contributed by atoms with Crippen LogP contribution in [0.3, 0.4) is 0 Å². The van der Waals surface area contributed by atoms with Gasteiger partial charge in [0.05, 0.1) is 6.61 Å². The predicted octanol–water partition coefficient (Wildman–Crippen LogP) is 1.60. The molecule has 52 valence electrons. The van der Waals surface area contributed by atoms with Crippen LogP contribution < -0.4 is 0 Å². The van der Waals surface area contributed by atoms with Crippen LogP contribution in [-0.2, 0) is 4.74 Å². The first-order chi connectivity index (χ1) is 4.33. The molecule has 0 aliphatic carbocycles. The van der Waals surface area contributed by atoms with Gasteiger partial charge in [-0.3, -0.25) is 4.99 Å². The van der Waals surface area contributed by atoms with Crippen LogP contribution in [0.1, 0.15) is 26.7 Å². The van der Waals surface area contributed by atoms with Crippen LogP contribution in [0.2, 0.25) is 0 Å². The van der Waals surface area contributed by atoms with Crippen LogP contribution >= 0.6 is 0 Å². The zero-order valence-corrected chi connectivity index (χ0v) is 6.05. The third-order valence-electron chi connectivity index (χ3n) is 1.86. The van der Waals surface area contributed by atoms with E-state index in [1.807, 2.05) is 6.21 Å². The van der Waals surface area contributed by atoms with E-state index in [4.69, 9.17) is 4.74 Å². The maximum atomic E-state index is 5.42. The highest BCUT2D eigenvalue weighted by Gasteiger charge is 2.27. The second-order valence-electron chi connectivity index (χ2n) is 2.28. The molecule has 0 unspecified atom stereocenters. The zero-order valence-electron chi connectivity index (χ0n) is 6.05. The van der Waals surface area contributed by atoms with Crippen molar-refractivity contribution < 1.29 is 4.74 Å². The van der Waals surface area contributed by atoms with E-state index in [2.05, 4.69) is 18.8 Å². The van der Waals surface area contributed by atoms with Crippen molar-refractivity contribution in [3.05, 3.63) is 0 Å². The third-order valence-corrected chi connectivity index (χ3v) is 1.86. The summed E-state index contributed by atoms with van der Waals surface area (Å²) in [5.41, 5.74) is -0.153. The van der Waals surface area contributed by atoms with Crippen LogP contribution in [-0.4, -0.2) is 18.5 Å². The molecule has 0 saturated heterocycles. The van der Waals surface area contributed by atoms with E-state index in [-0.39, 0.29) is 5.72 Å². The first kappa shape index (κ1) is 6.75. The van der Waals surface area contributed by atoms with E-state index >= 15 is 0 Å². The predicted molar refractivity (Wildman–Crippen MR) is 37.8 cm³/mol. The largest absolute Gasteiger partial charge is 0.348 e. The van der Waals surface area contributed by atoms with Crippen LogP contribution in [0.4, 0.5) is 0 Å². The molecule has 0 N–H and O–H groups in total. The van der Waals surface area contributed by atoms with Crippen LogP contribution in [0.25, 0.3) is 0 Å². The summed E-state index contributed by atoms with van der Waals surface area (Å²) in [6, 6.07) is 0. The molecule has 1 heterocycles. The minimum Gasteiger partial charge on any atom is -0.348 e. The van der Waals surface area contributed by atoms with Crippen molar-refractivity contribution >= 4 is 6.21 Å². The van der Waals surface area contributed by atoms with E-state index in [0.717, 1.165) is 12.8 Å². The van der Waals surface area contributed by atoms with Crippen molar-refractivity contribution in [1.29, 1.82) is 0 Å². The van der Waals surface area contributed by atoms with Gasteiger partial charge in [0, 0.05) is 6.21 Å². The van der Waals surface area contributed by atoms with Gasteiger partial charge in [-0.2, -0.15) is 0 Å². The molecular weight excluding hydrogens is 114 g/mol. The number of nitrogens with zero attached hydrogens (tertiary/aromatic N) is 1. The maximum absolute atomic E-state index is 5.42. The lowest BCUT2D eigenvalue weighted by molar-refractivity contribution is -0.00599. The molecule has 0 radical (unpaired) electrons. The van der Waals surface area contributed by atoms with Gasteiger partial charge >= 0.3 is 0 Å². The quantitative estimate of drug-likeness (QED) is 0.552. The van der Waals surface area contributed by atoms with E-state index in [0.29, 0.717) is 6.61 Å². The Labute approximate surface area is 55.9 Å². The molecule has 9 heavy (non-hydrogen) atoms. The molecule has 2 heteroatoms. The highest BCUT2D eigenvalue weighted by molar-refractivity contribution is 5.61. The Hall–Kier alpha value is -0.370. The smallest absolute Gasteiger partial charge is 0.158 e. The molecule has 0 spiro atoms. The molecule has 1 aliphatic heterocycles. The Kier molecular flexibility index (Phi) is 1.86. The summed E-state index contributed by atoms with van der Waals surface area (Å²) < 4.78 is 5.42. The number of rotatable bonds is 2. The minimum absolute atomic E-state index is 0.153. The molecule has 0 aromatic carbocycles. The van der Waals surface area contributed by atoms with Crippen LogP contribution in [0.15, 0.2) is 4.99 Å². The lowest BCUT2D eigenvalue weighted by Crippen LogP contribution is -2.23. The Morgan fingerprint density at radius 3 is 2.44 bits per heavy atom. The summed E-state index contributed by atoms with van der Waals surface area (Å²) in [5, 5.41) is 0. The Morgan fingerprint density at radius 2 is 2.22 bits per heavy atom. The third kappa shape index (κ3) is 1.13. The van der Waals surface area contributed by atoms with Crippen molar-refractivity contribution in [3.8, 4) is 0 Å². The minimum atomic E-state index is -0.153. The van der Waals surface area contributed by atoms with Gasteiger partial charge in [0.2, 0.25) is 0 Å². The number of aliphatic imine (C=N–C) groups is 1. The van der Waals surface area contributed by atoms with Crippen molar-refractivity contribution in [2.24, 2.45) is 4.99 Å². The SMILES string of the molecule is CCC1(CC)N=CCO1. The average Bonchev–Trinajstić information content (AvgIpc) is 2.36. The highest BCUT2D eigenvalue weighted by atomic mass is 16.5. The van der Waals surface area contributed by atoms with Gasteiger partial charge in [0.15, 0.2) is 5.72 Å². The summed E-state index contributed by atoms with van der Waals surface area (Å²) in [6.07, 6.45) is 3.83. The topological polar surface area (TPSA) is 21.6 Å². The molecule has 0 aromatic rings. The second-order valence-corrected chi connectivity index (χ2v) is 2.28. The van der Waals surface area contributed by atoms with Crippen molar-refractivity contribution in [1.82, 2.24) is 0 Å². The Bertz CT molecular complexity index is 116. The number of ether oxygens (including phenoxy) is 1. The summed E-state index contributed by atoms with van der Waals surface area (Å²) in [6.45, 7) is 4.90. The van der Waals surface area contributed by atoms with Gasteiger partial charge in [-0.05, 0) is 12.8 Å². The fraction of sp³-hybridized carbons (Fsp3) is 0.857. The zero-order chi connectivity index (χ0) is 6.74. The molecule has 0 aromatic heterocycles. The van der Waals surface area contributed by atoms with Crippen molar-refractivity contribution in [2.45, 2.75) is 32.4 Å². The lowest BCUT2D eigenvalue weighted by atomic mass is 10.1. The Morgan fingerprint density at radius 1 is 1.56 bits per heavy atom. The van der Waals surface area contributed by atoms with E-state index in [1.54, 1.807) is 0 Å². The second kappa shape index (κ2) is 2.48. The van der Waals surface area contributed by atoms with Gasteiger partial charge in [-0.1, -0.05) is 13.8 Å². The molecular formula is C7H13NO. The number of hydrogen-bond acceptors (Lipinski definition) is 2. The average molecular weight is 127 g/mol. The van der Waals surface area contributed by atoms with Gasteiger partial charge in [-0.25, -0.2) is 0 Å². The molecule has 0 fully saturated rings. The monoisotopic (exact) mass is 127 g/mol. The fourth-order valence-corrected chi connectivity index (χ4v) is 1.07. The van der Waals surface area contributed by atoms with E-state index in [1.165, 1.54) is 0 Å². The fourth-order valence-electron chi connectivity index (χ4n) is 1.07. The van der Waals surface area contributed by atoms with Gasteiger partial charge in [-0.15, -0.1) is 0 Å². The normalized spacial score (nSPS) is 22.9. The maximum Gasteiger partial charge on any atom is 0.158 e. The first-order valence-corrected chi connectivity index (χ1v) is 3.50. The van der Waals surface area contributed by atoms with Crippen LogP contribution in [0, 0.1) is 0 Å². The highest BCUT2D eigenvalue weighted by Crippen LogP contribution is 2.24. The molecule has 0 amide bonds. The van der Waals surface area contributed by atoms with Gasteiger partial charge in [0.25, 0.3) is 0 Å². The molecule has 0 bridgehead atoms. The van der Waals surface area contributed by atoms with Gasteiger partial charge in [0.1, 0.15) is 0 Å². The standard InChI is InChI=1S/C7H13NO/c1-3-7(4-2)8-5-6-9-7/h5H,3-4,6H2,1-2H3. The molecule has 0 saturated carbocycles. The van der Waals surface area contributed by atoms with Crippen LogP contribution in [0.5, 0.6) is 0 Å². The van der Waals surface area contributed by atoms with E-state index < -0.39 is 0 Å². The van der Waals surface area contributed by atoms with Crippen molar-refractivity contribution in [2.75, 3.05) is 6.61 Å². The summed E-state index contributed by atoms with van der Waals surface area (Å²) in [7, 11) is 0. The molecule has 0 atom stereocenters. The first-order valence-electron chi connectivity index (χ1n) is 3.50. The van der Waals surface area contributed by atoms with E-state index in [9.17, 15) is 0 Å². The Balaban J connectivity index is 2.57. The van der Waals surface area contributed by atoms with Gasteiger partial charge < -0.3 is 4.74 Å². The van der Waals surface area contributed by atoms with Crippen molar-refractivity contribution in [3.63, 3.8) is 0 Å². The summed E-state index contributed by atoms with van der Waals surface area (Å²) in [4.78, 5) is 4.26.